The Labute approximate surface area is 189 Å². The minimum atomic E-state index is -8.06. The molecule has 0 aromatic rings. The lowest BCUT2D eigenvalue weighted by Gasteiger charge is -2.40. The van der Waals surface area contributed by atoms with Gasteiger partial charge in [-0.3, -0.25) is 4.55 Å². The molecular formula is C14H11F15O6S. The van der Waals surface area contributed by atoms with Crippen molar-refractivity contribution in [1.82, 2.24) is 0 Å². The highest BCUT2D eigenvalue weighted by Crippen LogP contribution is 2.60. The van der Waals surface area contributed by atoms with Crippen molar-refractivity contribution in [2.45, 2.75) is 60.7 Å². The first-order valence-electron chi connectivity index (χ1n) is 8.22. The van der Waals surface area contributed by atoms with E-state index in [1.807, 2.05) is 0 Å². The molecule has 0 rings (SSSR count). The van der Waals surface area contributed by atoms with Gasteiger partial charge in [-0.05, 0) is 6.92 Å². The van der Waals surface area contributed by atoms with Gasteiger partial charge in [0.25, 0.3) is 0 Å². The van der Waals surface area contributed by atoms with Gasteiger partial charge in [-0.2, -0.15) is 69.9 Å². The van der Waals surface area contributed by atoms with Crippen LogP contribution in [0.5, 0.6) is 0 Å². The summed E-state index contributed by atoms with van der Waals surface area (Å²) < 4.78 is 234. The molecule has 0 saturated carbocycles. The largest absolute Gasteiger partial charge is 0.460 e. The summed E-state index contributed by atoms with van der Waals surface area (Å²) in [6.45, 7) is 1.19. The number of carbonyl (C=O) groups excluding carboxylic acids is 1. The molecule has 0 aliphatic rings. The predicted molar refractivity (Wildman–Crippen MR) is 82.5 cm³/mol. The highest BCUT2D eigenvalue weighted by molar-refractivity contribution is 7.86. The number of alkyl halides is 15. The first kappa shape index (κ1) is 34.0. The number of esters is 1. The second-order valence-corrected chi connectivity index (χ2v) is 8.23. The van der Waals surface area contributed by atoms with Gasteiger partial charge < -0.3 is 9.47 Å². The Hall–Kier alpha value is -1.97. The highest BCUT2D eigenvalue weighted by Gasteiger charge is 2.90. The third-order valence-corrected chi connectivity index (χ3v) is 4.77. The molecule has 0 spiro atoms. The lowest BCUT2D eigenvalue weighted by molar-refractivity contribution is -0.430. The summed E-state index contributed by atoms with van der Waals surface area (Å²) in [7, 11) is -7.21. The highest BCUT2D eigenvalue weighted by atomic mass is 32.2. The van der Waals surface area contributed by atoms with Crippen molar-refractivity contribution in [2.24, 2.45) is 0 Å². The monoisotopic (exact) mass is 592 g/mol. The molecule has 0 aliphatic carbocycles. The van der Waals surface area contributed by atoms with Crippen LogP contribution in [0.4, 0.5) is 65.9 Å². The van der Waals surface area contributed by atoms with Crippen molar-refractivity contribution in [3.05, 3.63) is 12.2 Å². The van der Waals surface area contributed by atoms with Crippen LogP contribution >= 0.6 is 0 Å². The van der Waals surface area contributed by atoms with Crippen LogP contribution in [0.15, 0.2) is 12.2 Å². The minimum absolute atomic E-state index is 0.742. The van der Waals surface area contributed by atoms with Gasteiger partial charge in [0.15, 0.2) is 0 Å². The summed E-state index contributed by atoms with van der Waals surface area (Å²) in [5, 5.41) is -6.80. The average molecular weight is 592 g/mol. The maximum Gasteiger partial charge on any atom is 0.459 e. The van der Waals surface area contributed by atoms with Crippen LogP contribution < -0.4 is 0 Å². The summed E-state index contributed by atoms with van der Waals surface area (Å²) in [6.07, 6.45) is -30.0. The molecule has 0 aliphatic heterocycles. The van der Waals surface area contributed by atoms with Crippen molar-refractivity contribution >= 4 is 16.1 Å². The smallest absolute Gasteiger partial charge is 0.459 e. The zero-order valence-corrected chi connectivity index (χ0v) is 17.6. The van der Waals surface area contributed by atoms with E-state index in [1.54, 1.807) is 0 Å². The SMILES string of the molecule is C=C(C)C(=O)OCC(CC(F)(F)C(F)(F)C(F)(C(F)(F)F)C(F)(F)F)OC(F)(F)C(F)(F)S(=O)(=O)O. The second kappa shape index (κ2) is 9.72. The topological polar surface area (TPSA) is 89.9 Å². The molecule has 1 atom stereocenters. The normalized spacial score (nSPS) is 16.0. The lowest BCUT2D eigenvalue weighted by Crippen LogP contribution is -2.70. The van der Waals surface area contributed by atoms with Crippen LogP contribution in [0.1, 0.15) is 13.3 Å². The van der Waals surface area contributed by atoms with E-state index in [4.69, 9.17) is 4.55 Å². The van der Waals surface area contributed by atoms with E-state index < -0.39 is 82.0 Å². The maximum absolute atomic E-state index is 14.0. The van der Waals surface area contributed by atoms with E-state index in [0.717, 1.165) is 6.92 Å². The van der Waals surface area contributed by atoms with Gasteiger partial charge in [0.2, 0.25) is 0 Å². The van der Waals surface area contributed by atoms with Crippen molar-refractivity contribution in [2.75, 3.05) is 6.61 Å². The third-order valence-electron chi connectivity index (χ3n) is 3.88. The predicted octanol–water partition coefficient (Wildman–Crippen LogP) is 5.06. The van der Waals surface area contributed by atoms with E-state index in [0.29, 0.717) is 0 Å². The molecule has 0 radical (unpaired) electrons. The summed E-state index contributed by atoms with van der Waals surface area (Å²) in [5.74, 6) is -16.8. The summed E-state index contributed by atoms with van der Waals surface area (Å²) in [4.78, 5) is 11.2. The van der Waals surface area contributed by atoms with Gasteiger partial charge >= 0.3 is 57.3 Å². The van der Waals surface area contributed by atoms with Crippen LogP contribution in [0.2, 0.25) is 0 Å². The van der Waals surface area contributed by atoms with Gasteiger partial charge in [-0.25, -0.2) is 9.18 Å². The van der Waals surface area contributed by atoms with Crippen LogP contribution in [0, 0.1) is 0 Å². The quantitative estimate of drug-likeness (QED) is 0.156. The van der Waals surface area contributed by atoms with Crippen molar-refractivity contribution in [3.63, 3.8) is 0 Å². The number of hydrogen-bond acceptors (Lipinski definition) is 5. The fraction of sp³-hybridized carbons (Fsp3) is 0.786. The summed E-state index contributed by atoms with van der Waals surface area (Å²) in [5.41, 5.74) is -8.81. The van der Waals surface area contributed by atoms with Gasteiger partial charge in [0, 0.05) is 12.0 Å². The molecule has 1 N–H and O–H groups in total. The first-order chi connectivity index (χ1) is 15.4. The van der Waals surface area contributed by atoms with Gasteiger partial charge in [0.1, 0.15) is 12.7 Å². The number of halogens is 15. The van der Waals surface area contributed by atoms with Crippen molar-refractivity contribution in [1.29, 1.82) is 0 Å². The zero-order valence-electron chi connectivity index (χ0n) is 16.8. The molecule has 6 nitrogen and oxygen atoms in total. The minimum Gasteiger partial charge on any atom is -0.460 e. The number of carbonyl (C=O) groups is 1. The van der Waals surface area contributed by atoms with Crippen molar-refractivity contribution in [3.8, 4) is 0 Å². The lowest BCUT2D eigenvalue weighted by atomic mass is 9.88. The standard InChI is InChI=1S/C14H11F15O6S/c1-5(2)7(30)34-4-6(35-13(26,27)14(28,29)36(31,32)33)3-8(15,16)10(18,19)9(17,11(20,21)22)12(23,24)25/h6H,1,3-4H2,2H3,(H,31,32,33). The number of rotatable bonds is 11. The Bertz CT molecular complexity index is 923. The third kappa shape index (κ3) is 6.11. The van der Waals surface area contributed by atoms with E-state index in [9.17, 15) is 79.1 Å². The molecule has 0 bridgehead atoms. The van der Waals surface area contributed by atoms with Gasteiger partial charge in [-0.1, -0.05) is 6.58 Å². The molecule has 0 fully saturated rings. The first-order valence-corrected chi connectivity index (χ1v) is 9.66. The van der Waals surface area contributed by atoms with E-state index >= 15 is 0 Å². The molecule has 0 amide bonds. The van der Waals surface area contributed by atoms with Crippen LogP contribution in [0.25, 0.3) is 0 Å². The molecule has 0 aromatic heterocycles. The molecule has 0 aromatic carbocycles. The molecule has 0 saturated heterocycles. The molecular weight excluding hydrogens is 581 g/mol. The Morgan fingerprint density at radius 1 is 0.861 bits per heavy atom. The molecule has 1 unspecified atom stereocenters. The fourth-order valence-corrected chi connectivity index (χ4v) is 2.39. The average Bonchev–Trinajstić information content (AvgIpc) is 2.61. The van der Waals surface area contributed by atoms with E-state index in [-0.39, 0.29) is 0 Å². The summed E-state index contributed by atoms with van der Waals surface area (Å²) in [6, 6.07) is 0. The number of ether oxygens (including phenoxy) is 2. The van der Waals surface area contributed by atoms with E-state index in [2.05, 4.69) is 16.1 Å². The van der Waals surface area contributed by atoms with Gasteiger partial charge in [0.05, 0.1) is 0 Å². The second-order valence-electron chi connectivity index (χ2n) is 6.76. The summed E-state index contributed by atoms with van der Waals surface area (Å²) >= 11 is 0. The maximum atomic E-state index is 14.0. The van der Waals surface area contributed by atoms with Crippen molar-refractivity contribution < 1.29 is 93.1 Å². The Kier molecular flexibility index (Phi) is 9.19. The fourth-order valence-electron chi connectivity index (χ4n) is 2.04. The number of hydrogen-bond donors (Lipinski definition) is 1. The molecule has 0 heterocycles. The molecule has 36 heavy (non-hydrogen) atoms. The zero-order chi connectivity index (χ0) is 29.6. The Morgan fingerprint density at radius 3 is 1.56 bits per heavy atom. The van der Waals surface area contributed by atoms with Gasteiger partial charge in [-0.15, -0.1) is 0 Å². The molecule has 22 heteroatoms. The van der Waals surface area contributed by atoms with Crippen LogP contribution in [-0.2, 0) is 24.4 Å². The molecule has 214 valence electrons. The Balaban J connectivity index is 6.64. The van der Waals surface area contributed by atoms with Crippen LogP contribution in [-0.4, -0.2) is 72.9 Å². The Morgan fingerprint density at radius 2 is 1.25 bits per heavy atom. The van der Waals surface area contributed by atoms with E-state index in [1.165, 1.54) is 0 Å². The van der Waals surface area contributed by atoms with Crippen LogP contribution in [0.3, 0.4) is 0 Å².